The van der Waals surface area contributed by atoms with Crippen LogP contribution in [0.4, 0.5) is 4.39 Å². The Morgan fingerprint density at radius 1 is 1.14 bits per heavy atom. The van der Waals surface area contributed by atoms with E-state index in [1.807, 2.05) is 13.0 Å². The molecule has 2 rings (SSSR count). The van der Waals surface area contributed by atoms with E-state index in [2.05, 4.69) is 10.6 Å². The van der Waals surface area contributed by atoms with Crippen LogP contribution >= 0.6 is 11.3 Å². The van der Waals surface area contributed by atoms with E-state index < -0.39 is 0 Å². The molecule has 1 heterocycles. The number of hydrogen-bond acceptors (Lipinski definition) is 3. The van der Waals surface area contributed by atoms with E-state index in [1.165, 1.54) is 17.4 Å². The third-order valence-electron chi connectivity index (χ3n) is 3.05. The van der Waals surface area contributed by atoms with Crippen LogP contribution in [0.25, 0.3) is 0 Å². The van der Waals surface area contributed by atoms with E-state index in [0.29, 0.717) is 23.4 Å². The van der Waals surface area contributed by atoms with Crippen molar-refractivity contribution in [3.05, 3.63) is 57.5 Å². The number of benzene rings is 1. The van der Waals surface area contributed by atoms with Gasteiger partial charge in [-0.25, -0.2) is 4.39 Å². The molecule has 0 saturated heterocycles. The first-order chi connectivity index (χ1) is 10.6. The van der Waals surface area contributed by atoms with Crippen molar-refractivity contribution in [1.29, 1.82) is 0 Å². The fraction of sp³-hybridized carbons (Fsp3) is 0.250. The molecule has 6 heteroatoms. The summed E-state index contributed by atoms with van der Waals surface area (Å²) in [5.41, 5.74) is 0.556. The zero-order valence-corrected chi connectivity index (χ0v) is 13.0. The van der Waals surface area contributed by atoms with Gasteiger partial charge in [0, 0.05) is 11.4 Å². The maximum absolute atomic E-state index is 13.4. The third kappa shape index (κ3) is 4.66. The molecule has 1 aromatic carbocycles. The predicted molar refractivity (Wildman–Crippen MR) is 84.5 cm³/mol. The van der Waals surface area contributed by atoms with Crippen LogP contribution in [0.15, 0.2) is 36.4 Å². The topological polar surface area (TPSA) is 58.2 Å². The van der Waals surface area contributed by atoms with Crippen molar-refractivity contribution < 1.29 is 14.0 Å². The van der Waals surface area contributed by atoms with Crippen LogP contribution in [0.3, 0.4) is 0 Å². The minimum atomic E-state index is -0.294. The average Bonchev–Trinajstić information content (AvgIpc) is 2.93. The number of carbonyl (C=O) groups is 2. The van der Waals surface area contributed by atoms with Crippen LogP contribution in [-0.2, 0) is 11.2 Å². The smallest absolute Gasteiger partial charge is 0.261 e. The highest BCUT2D eigenvalue weighted by atomic mass is 32.1. The van der Waals surface area contributed by atoms with Gasteiger partial charge in [0.25, 0.3) is 5.91 Å². The van der Waals surface area contributed by atoms with Gasteiger partial charge >= 0.3 is 0 Å². The molecule has 22 heavy (non-hydrogen) atoms. The number of thiophene rings is 1. The van der Waals surface area contributed by atoms with Gasteiger partial charge in [0.05, 0.1) is 11.4 Å². The van der Waals surface area contributed by atoms with Crippen molar-refractivity contribution >= 4 is 23.2 Å². The summed E-state index contributed by atoms with van der Waals surface area (Å²) >= 11 is 1.38. The molecule has 2 aromatic rings. The summed E-state index contributed by atoms with van der Waals surface area (Å²) in [6, 6.07) is 10.0. The van der Waals surface area contributed by atoms with E-state index in [4.69, 9.17) is 0 Å². The maximum Gasteiger partial charge on any atom is 0.261 e. The Balaban J connectivity index is 1.70. The zero-order valence-electron chi connectivity index (χ0n) is 12.2. The van der Waals surface area contributed by atoms with Crippen LogP contribution in [0.5, 0.6) is 0 Å². The first-order valence-electron chi connectivity index (χ1n) is 6.91. The summed E-state index contributed by atoms with van der Waals surface area (Å²) in [5.74, 6) is -0.835. The molecule has 0 atom stereocenters. The molecule has 0 spiro atoms. The number of rotatable bonds is 6. The summed E-state index contributed by atoms with van der Waals surface area (Å²) in [7, 11) is 0. The molecule has 4 nitrogen and oxygen atoms in total. The molecule has 0 saturated carbocycles. The Labute approximate surface area is 132 Å². The summed E-state index contributed by atoms with van der Waals surface area (Å²) in [4.78, 5) is 25.0. The first-order valence-corrected chi connectivity index (χ1v) is 7.72. The molecule has 116 valence electrons. The number of halogens is 1. The lowest BCUT2D eigenvalue weighted by Gasteiger charge is -2.07. The molecule has 0 aliphatic carbocycles. The molecule has 2 N–H and O–H groups in total. The third-order valence-corrected chi connectivity index (χ3v) is 4.05. The lowest BCUT2D eigenvalue weighted by atomic mass is 10.1. The van der Waals surface area contributed by atoms with Crippen molar-refractivity contribution in [3.63, 3.8) is 0 Å². The largest absolute Gasteiger partial charge is 0.354 e. The predicted octanol–water partition coefficient (Wildman–Crippen LogP) is 2.28. The van der Waals surface area contributed by atoms with Gasteiger partial charge in [0.2, 0.25) is 5.91 Å². The van der Waals surface area contributed by atoms with Crippen LogP contribution in [0.2, 0.25) is 0 Å². The van der Waals surface area contributed by atoms with Gasteiger partial charge in [-0.2, -0.15) is 0 Å². The molecule has 0 unspecified atom stereocenters. The minimum Gasteiger partial charge on any atom is -0.354 e. The zero-order chi connectivity index (χ0) is 15.9. The Kier molecular flexibility index (Phi) is 5.66. The van der Waals surface area contributed by atoms with Gasteiger partial charge in [0.1, 0.15) is 5.82 Å². The molecule has 2 amide bonds. The minimum absolute atomic E-state index is 0.0902. The van der Waals surface area contributed by atoms with E-state index in [0.717, 1.165) is 4.88 Å². The van der Waals surface area contributed by atoms with Gasteiger partial charge < -0.3 is 10.6 Å². The van der Waals surface area contributed by atoms with Gasteiger partial charge in [-0.05, 0) is 37.1 Å². The SMILES string of the molecule is Cc1ccc(C(=O)NCC(=O)NCCc2ccccc2F)s1. The lowest BCUT2D eigenvalue weighted by molar-refractivity contribution is -0.120. The van der Waals surface area contributed by atoms with Gasteiger partial charge in [-0.3, -0.25) is 9.59 Å². The van der Waals surface area contributed by atoms with Crippen molar-refractivity contribution in [2.24, 2.45) is 0 Å². The second-order valence-corrected chi connectivity index (χ2v) is 6.07. The van der Waals surface area contributed by atoms with E-state index >= 15 is 0 Å². The van der Waals surface area contributed by atoms with E-state index in [1.54, 1.807) is 24.3 Å². The van der Waals surface area contributed by atoms with Crippen LogP contribution in [0, 0.1) is 12.7 Å². The molecule has 0 aliphatic rings. The fourth-order valence-corrected chi connectivity index (χ4v) is 2.69. The normalized spacial score (nSPS) is 10.3. The van der Waals surface area contributed by atoms with E-state index in [9.17, 15) is 14.0 Å². The summed E-state index contributed by atoms with van der Waals surface area (Å²) in [6.45, 7) is 2.15. The molecular formula is C16H17FN2O2S. The monoisotopic (exact) mass is 320 g/mol. The number of amides is 2. The molecule has 1 aromatic heterocycles. The Morgan fingerprint density at radius 2 is 1.91 bits per heavy atom. The highest BCUT2D eigenvalue weighted by Gasteiger charge is 2.09. The fourth-order valence-electron chi connectivity index (χ4n) is 1.90. The van der Waals surface area contributed by atoms with E-state index in [-0.39, 0.29) is 24.2 Å². The quantitative estimate of drug-likeness (QED) is 0.858. The number of carbonyl (C=O) groups excluding carboxylic acids is 2. The Hall–Kier alpha value is -2.21. The lowest BCUT2D eigenvalue weighted by Crippen LogP contribution is -2.37. The van der Waals surface area contributed by atoms with Gasteiger partial charge in [-0.15, -0.1) is 11.3 Å². The van der Waals surface area contributed by atoms with Crippen molar-refractivity contribution in [3.8, 4) is 0 Å². The summed E-state index contributed by atoms with van der Waals surface area (Å²) < 4.78 is 13.4. The standard InChI is InChI=1S/C16H17FN2O2S/c1-11-6-7-14(22-11)16(21)19-10-15(20)18-9-8-12-4-2-3-5-13(12)17/h2-7H,8-10H2,1H3,(H,18,20)(H,19,21). The van der Waals surface area contributed by atoms with Crippen molar-refractivity contribution in [2.75, 3.05) is 13.1 Å². The van der Waals surface area contributed by atoms with Crippen LogP contribution < -0.4 is 10.6 Å². The number of aryl methyl sites for hydroxylation is 1. The maximum atomic E-state index is 13.4. The molecule has 0 bridgehead atoms. The highest BCUT2D eigenvalue weighted by Crippen LogP contribution is 2.14. The van der Waals surface area contributed by atoms with Crippen LogP contribution in [-0.4, -0.2) is 24.9 Å². The summed E-state index contributed by atoms with van der Waals surface area (Å²) in [5, 5.41) is 5.21. The van der Waals surface area contributed by atoms with Gasteiger partial charge in [-0.1, -0.05) is 18.2 Å². The molecule has 0 radical (unpaired) electrons. The van der Waals surface area contributed by atoms with Crippen LogP contribution in [0.1, 0.15) is 20.1 Å². The second kappa shape index (κ2) is 7.70. The number of hydrogen-bond donors (Lipinski definition) is 2. The second-order valence-electron chi connectivity index (χ2n) is 4.78. The molecule has 0 fully saturated rings. The van der Waals surface area contributed by atoms with Crippen molar-refractivity contribution in [2.45, 2.75) is 13.3 Å². The number of nitrogens with one attached hydrogen (secondary N) is 2. The molecular weight excluding hydrogens is 303 g/mol. The summed E-state index contributed by atoms with van der Waals surface area (Å²) in [6.07, 6.45) is 0.413. The van der Waals surface area contributed by atoms with Crippen molar-refractivity contribution in [1.82, 2.24) is 10.6 Å². The Bertz CT molecular complexity index is 670. The first kappa shape index (κ1) is 16.2. The molecule has 0 aliphatic heterocycles. The average molecular weight is 320 g/mol. The van der Waals surface area contributed by atoms with Gasteiger partial charge in [0.15, 0.2) is 0 Å². The highest BCUT2D eigenvalue weighted by molar-refractivity contribution is 7.13. The Morgan fingerprint density at radius 3 is 2.59 bits per heavy atom.